The highest BCUT2D eigenvalue weighted by Crippen LogP contribution is 2.28. The van der Waals surface area contributed by atoms with Crippen LogP contribution in [0, 0.1) is 0 Å². The summed E-state index contributed by atoms with van der Waals surface area (Å²) in [6.07, 6.45) is -0.415. The van der Waals surface area contributed by atoms with Crippen LogP contribution in [-0.2, 0) is 11.3 Å². The molecule has 0 saturated carbocycles. The van der Waals surface area contributed by atoms with Gasteiger partial charge in [-0.25, -0.2) is 9.78 Å². The lowest BCUT2D eigenvalue weighted by atomic mass is 10.0. The van der Waals surface area contributed by atoms with Crippen LogP contribution < -0.4 is 11.1 Å². The number of amides is 1. The van der Waals surface area contributed by atoms with Crippen molar-refractivity contribution in [1.82, 2.24) is 10.3 Å². The first-order valence-corrected chi connectivity index (χ1v) is 9.56. The van der Waals surface area contributed by atoms with Gasteiger partial charge in [0, 0.05) is 17.5 Å². The molecule has 140 valence electrons. The van der Waals surface area contributed by atoms with Gasteiger partial charge in [0.1, 0.15) is 5.60 Å². The molecule has 0 aliphatic heterocycles. The highest BCUT2D eigenvalue weighted by Gasteiger charge is 2.15. The maximum atomic E-state index is 11.7. The third-order valence-corrected chi connectivity index (χ3v) is 4.48. The highest BCUT2D eigenvalue weighted by atomic mass is 32.1. The number of benzene rings is 2. The number of nitrogen functional groups attached to an aromatic ring is 1. The Balaban J connectivity index is 1.68. The van der Waals surface area contributed by atoms with Crippen molar-refractivity contribution in [1.29, 1.82) is 0 Å². The third-order valence-electron chi connectivity index (χ3n) is 3.80. The molecule has 3 N–H and O–H groups in total. The molecule has 0 aliphatic rings. The Morgan fingerprint density at radius 3 is 2.44 bits per heavy atom. The van der Waals surface area contributed by atoms with Gasteiger partial charge >= 0.3 is 6.09 Å². The van der Waals surface area contributed by atoms with Gasteiger partial charge in [-0.05, 0) is 43.5 Å². The van der Waals surface area contributed by atoms with Gasteiger partial charge in [0.2, 0.25) is 0 Å². The van der Waals surface area contributed by atoms with Crippen LogP contribution in [0.2, 0.25) is 0 Å². The number of alkyl carbamates (subject to hydrolysis) is 1. The van der Waals surface area contributed by atoms with Crippen molar-refractivity contribution < 1.29 is 9.53 Å². The molecule has 0 atom stereocenters. The largest absolute Gasteiger partial charge is 0.444 e. The summed E-state index contributed by atoms with van der Waals surface area (Å²) in [7, 11) is 0. The van der Waals surface area contributed by atoms with E-state index in [0.29, 0.717) is 11.7 Å². The fraction of sp³-hybridized carbons (Fsp3) is 0.238. The van der Waals surface area contributed by atoms with Crippen molar-refractivity contribution in [3.63, 3.8) is 0 Å². The van der Waals surface area contributed by atoms with Crippen molar-refractivity contribution in [2.75, 3.05) is 5.73 Å². The lowest BCUT2D eigenvalue weighted by molar-refractivity contribution is 0.0523. The summed E-state index contributed by atoms with van der Waals surface area (Å²) in [4.78, 5) is 16.1. The Bertz CT molecular complexity index is 927. The second-order valence-corrected chi connectivity index (χ2v) is 8.09. The van der Waals surface area contributed by atoms with Gasteiger partial charge in [0.25, 0.3) is 0 Å². The van der Waals surface area contributed by atoms with Crippen molar-refractivity contribution in [2.24, 2.45) is 0 Å². The quantitative estimate of drug-likeness (QED) is 0.660. The lowest BCUT2D eigenvalue weighted by Crippen LogP contribution is -2.32. The van der Waals surface area contributed by atoms with E-state index >= 15 is 0 Å². The van der Waals surface area contributed by atoms with E-state index in [-0.39, 0.29) is 0 Å². The molecule has 1 aromatic heterocycles. The monoisotopic (exact) mass is 381 g/mol. The molecule has 0 aliphatic carbocycles. The van der Waals surface area contributed by atoms with Gasteiger partial charge in [-0.1, -0.05) is 42.5 Å². The number of aromatic nitrogens is 1. The smallest absolute Gasteiger partial charge is 0.407 e. The molecule has 0 radical (unpaired) electrons. The number of nitrogens with two attached hydrogens (primary N) is 1. The standard InChI is InChI=1S/C21H23N3O2S/c1-21(2,3)26-20(25)23-12-14-7-9-15(10-8-14)16-5-4-6-17(11-16)18-13-27-19(22)24-18/h4-11,13H,12H2,1-3H3,(H2,22,24)(H,23,25). The maximum absolute atomic E-state index is 11.7. The normalized spacial score (nSPS) is 11.2. The Labute approximate surface area is 163 Å². The topological polar surface area (TPSA) is 77.2 Å². The number of carbonyl (C=O) groups is 1. The molecule has 2 aromatic carbocycles. The minimum atomic E-state index is -0.499. The number of nitrogens with zero attached hydrogens (tertiary/aromatic N) is 1. The maximum Gasteiger partial charge on any atom is 0.407 e. The van der Waals surface area contributed by atoms with E-state index in [0.717, 1.165) is 27.9 Å². The van der Waals surface area contributed by atoms with Crippen LogP contribution >= 0.6 is 11.3 Å². The average molecular weight is 382 g/mol. The molecule has 5 nitrogen and oxygen atoms in total. The molecule has 0 bridgehead atoms. The zero-order valence-electron chi connectivity index (χ0n) is 15.7. The van der Waals surface area contributed by atoms with Crippen molar-refractivity contribution >= 4 is 22.6 Å². The summed E-state index contributed by atoms with van der Waals surface area (Å²) in [6.45, 7) is 5.95. The molecule has 1 amide bonds. The number of carbonyl (C=O) groups excluding carboxylic acids is 1. The fourth-order valence-electron chi connectivity index (χ4n) is 2.58. The summed E-state index contributed by atoms with van der Waals surface area (Å²) < 4.78 is 5.25. The van der Waals surface area contributed by atoms with Crippen LogP contribution in [0.25, 0.3) is 22.4 Å². The van der Waals surface area contributed by atoms with Gasteiger partial charge in [0.05, 0.1) is 5.69 Å². The summed E-state index contributed by atoms with van der Waals surface area (Å²) in [5, 5.41) is 5.29. The molecule has 3 rings (SSSR count). The first-order valence-electron chi connectivity index (χ1n) is 8.68. The van der Waals surface area contributed by atoms with E-state index < -0.39 is 11.7 Å². The number of hydrogen-bond donors (Lipinski definition) is 2. The van der Waals surface area contributed by atoms with Crippen LogP contribution in [0.4, 0.5) is 9.93 Å². The average Bonchev–Trinajstić information content (AvgIpc) is 3.06. The summed E-state index contributed by atoms with van der Waals surface area (Å²) in [5.74, 6) is 0. The minimum absolute atomic E-state index is 0.415. The second kappa shape index (κ2) is 7.80. The molecule has 27 heavy (non-hydrogen) atoms. The molecule has 0 unspecified atom stereocenters. The van der Waals surface area contributed by atoms with Gasteiger partial charge in [-0.15, -0.1) is 11.3 Å². The van der Waals surface area contributed by atoms with Gasteiger partial charge in [-0.3, -0.25) is 0 Å². The van der Waals surface area contributed by atoms with Crippen molar-refractivity contribution in [3.05, 3.63) is 59.5 Å². The molecule has 0 spiro atoms. The number of nitrogens with one attached hydrogen (secondary N) is 1. The zero-order chi connectivity index (χ0) is 19.4. The molecule has 1 heterocycles. The van der Waals surface area contributed by atoms with E-state index in [9.17, 15) is 4.79 Å². The van der Waals surface area contributed by atoms with E-state index in [1.807, 2.05) is 62.5 Å². The van der Waals surface area contributed by atoms with Crippen LogP contribution in [0.3, 0.4) is 0 Å². The summed E-state index contributed by atoms with van der Waals surface area (Å²) in [6, 6.07) is 16.3. The summed E-state index contributed by atoms with van der Waals surface area (Å²) in [5.41, 5.74) is 10.4. The Kier molecular flexibility index (Phi) is 5.46. The Morgan fingerprint density at radius 1 is 1.11 bits per heavy atom. The van der Waals surface area contributed by atoms with Crippen LogP contribution in [-0.4, -0.2) is 16.7 Å². The number of ether oxygens (including phenoxy) is 1. The van der Waals surface area contributed by atoms with Crippen LogP contribution in [0.15, 0.2) is 53.9 Å². The minimum Gasteiger partial charge on any atom is -0.444 e. The van der Waals surface area contributed by atoms with E-state index in [4.69, 9.17) is 10.5 Å². The fourth-order valence-corrected chi connectivity index (χ4v) is 3.15. The molecular formula is C21H23N3O2S. The number of anilines is 1. The van der Waals surface area contributed by atoms with E-state index in [1.165, 1.54) is 11.3 Å². The highest BCUT2D eigenvalue weighted by molar-refractivity contribution is 7.13. The molecule has 6 heteroatoms. The summed E-state index contributed by atoms with van der Waals surface area (Å²) >= 11 is 1.44. The van der Waals surface area contributed by atoms with Gasteiger partial charge in [-0.2, -0.15) is 0 Å². The molecule has 3 aromatic rings. The first kappa shape index (κ1) is 18.9. The number of hydrogen-bond acceptors (Lipinski definition) is 5. The number of thiazole rings is 1. The van der Waals surface area contributed by atoms with E-state index in [1.54, 1.807) is 0 Å². The predicted molar refractivity (Wildman–Crippen MR) is 110 cm³/mol. The first-order chi connectivity index (χ1) is 12.8. The molecule has 0 fully saturated rings. The number of rotatable bonds is 4. The van der Waals surface area contributed by atoms with E-state index in [2.05, 4.69) is 22.4 Å². The predicted octanol–water partition coefficient (Wildman–Crippen LogP) is 5.08. The second-order valence-electron chi connectivity index (χ2n) is 7.20. The van der Waals surface area contributed by atoms with Crippen molar-refractivity contribution in [3.8, 4) is 22.4 Å². The van der Waals surface area contributed by atoms with Gasteiger partial charge in [0.15, 0.2) is 5.13 Å². The third kappa shape index (κ3) is 5.31. The SMILES string of the molecule is CC(C)(C)OC(=O)NCc1ccc(-c2cccc(-c3csc(N)n3)c2)cc1. The van der Waals surface area contributed by atoms with Gasteiger partial charge < -0.3 is 15.8 Å². The molecular weight excluding hydrogens is 358 g/mol. The molecule has 0 saturated heterocycles. The Hall–Kier alpha value is -2.86. The van der Waals surface area contributed by atoms with Crippen LogP contribution in [0.1, 0.15) is 26.3 Å². The zero-order valence-corrected chi connectivity index (χ0v) is 16.5. The lowest BCUT2D eigenvalue weighted by Gasteiger charge is -2.19. The van der Waals surface area contributed by atoms with Crippen molar-refractivity contribution in [2.45, 2.75) is 32.9 Å². The Morgan fingerprint density at radius 2 is 1.81 bits per heavy atom. The van der Waals surface area contributed by atoms with Crippen LogP contribution in [0.5, 0.6) is 0 Å².